The number of fused-ring (bicyclic) bond motifs is 11. The molecule has 5 aliphatic rings. The number of nitrogens with zero attached hydrogens (tertiary/aromatic N) is 4. The second kappa shape index (κ2) is 30.0. The van der Waals surface area contributed by atoms with Crippen molar-refractivity contribution < 1.29 is 26.3 Å². The number of hydrogen-bond acceptors (Lipinski definition) is 4. The maximum Gasteiger partial charge on any atom is 0.123 e. The Hall–Kier alpha value is -15.3. The summed E-state index contributed by atoms with van der Waals surface area (Å²) in [5, 5.41) is 0. The zero-order chi connectivity index (χ0) is 85.6. The van der Waals surface area contributed by atoms with Crippen LogP contribution in [0.1, 0.15) is 91.7 Å². The van der Waals surface area contributed by atoms with E-state index in [4.69, 9.17) is 0 Å². The van der Waals surface area contributed by atoms with E-state index in [0.29, 0.717) is 0 Å². The molecule has 0 fully saturated rings. The van der Waals surface area contributed by atoms with E-state index in [1.54, 1.807) is 24.3 Å². The quantitative estimate of drug-likeness (QED) is 0.0794. The molecule has 127 heavy (non-hydrogen) atoms. The van der Waals surface area contributed by atoms with Gasteiger partial charge >= 0.3 is 0 Å². The highest BCUT2D eigenvalue weighted by Crippen LogP contribution is 2.61. The standard InChI is InChI=1S/C117H80F6N4/c1-115(2)111-69-99(124(95-51-35-87(120)36-52-95)91-43-17-73(18-44-91)75-21-47-93(48-22-75)126(97-55-39-89(122)40-56-97)101-61-65-107-103-7-3-5-9-109(103)116(113(107)71-101,81-27-31-85(118)32-28-81)83-25-15-77-11-13-79(77)67-83)59-63-105(111)106-64-60-100(70-112(106)115)125(96-53-37-88(121)38-54-96)92-45-19-74(20-46-92)76-23-49-94(50-24-76)127(98-57-41-90(123)42-58-98)102-62-66-108-104-8-4-6-10-110(104)117(114(108)72-102,82-29-33-86(119)34-30-82)84-26-16-78-12-14-80(78)68-84/h3-10,15-72H,11-14H2,1-2H3. The molecular weight excluding hydrogens is 1580 g/mol. The van der Waals surface area contributed by atoms with Crippen LogP contribution in [-0.4, -0.2) is 0 Å². The topological polar surface area (TPSA) is 13.0 Å². The fraction of sp³-hybridized carbons (Fsp3) is 0.0769. The van der Waals surface area contributed by atoms with Gasteiger partial charge in [0, 0.05) is 73.7 Å². The average Bonchev–Trinajstić information content (AvgIpc) is 1.54. The first kappa shape index (κ1) is 76.6. The van der Waals surface area contributed by atoms with Gasteiger partial charge in [-0.3, -0.25) is 0 Å². The van der Waals surface area contributed by atoms with Crippen molar-refractivity contribution in [2.75, 3.05) is 19.6 Å². The molecule has 0 aromatic heterocycles. The maximum absolute atomic E-state index is 15.0. The summed E-state index contributed by atoms with van der Waals surface area (Å²) in [5.41, 5.74) is 34.9. The first-order valence-electron chi connectivity index (χ1n) is 43.3. The Kier molecular flexibility index (Phi) is 18.1. The van der Waals surface area contributed by atoms with Gasteiger partial charge in [-0.05, 0) is 378 Å². The SMILES string of the molecule is CC1(C)c2cc(N(c3ccc(F)cc3)c3ccc(-c4ccc(N(c5ccc(F)cc5)c5ccc6c(c5)C(c5ccc(F)cc5)(c5ccc7c(c5)CC7)c5ccccc5-6)cc4)cc3)ccc2-c2ccc(N(c3ccc(F)cc3)c3ccc(-c4ccc(N(c5ccc(F)cc5)c5ccc6c(c5)C(c5ccc(F)cc5)(c5ccc7c(c5)CC7)c5ccccc5-6)cc4)cc3)cc21. The summed E-state index contributed by atoms with van der Waals surface area (Å²) in [4.78, 5) is 8.68. The lowest BCUT2D eigenvalue weighted by Gasteiger charge is -2.36. The van der Waals surface area contributed by atoms with Crippen LogP contribution >= 0.6 is 0 Å². The molecule has 0 saturated heterocycles. The van der Waals surface area contributed by atoms with E-state index < -0.39 is 16.2 Å². The van der Waals surface area contributed by atoms with Gasteiger partial charge in [0.15, 0.2) is 0 Å². The van der Waals surface area contributed by atoms with Crippen LogP contribution in [0.2, 0.25) is 0 Å². The number of rotatable bonds is 18. The van der Waals surface area contributed by atoms with Gasteiger partial charge in [0.2, 0.25) is 0 Å². The molecule has 0 amide bonds. The van der Waals surface area contributed by atoms with Crippen molar-refractivity contribution in [1.29, 1.82) is 0 Å². The van der Waals surface area contributed by atoms with Gasteiger partial charge in [-0.2, -0.15) is 0 Å². The molecular formula is C117H80F6N4. The first-order valence-corrected chi connectivity index (χ1v) is 43.3. The number of benzene rings is 18. The summed E-state index contributed by atoms with van der Waals surface area (Å²) >= 11 is 0. The Morgan fingerprint density at radius 2 is 0.394 bits per heavy atom. The van der Waals surface area contributed by atoms with Gasteiger partial charge in [0.05, 0.1) is 10.8 Å². The van der Waals surface area contributed by atoms with Gasteiger partial charge in [0.1, 0.15) is 34.9 Å². The predicted octanol–water partition coefficient (Wildman–Crippen LogP) is 31.0. The smallest absolute Gasteiger partial charge is 0.123 e. The Morgan fingerprint density at radius 1 is 0.181 bits per heavy atom. The average molecular weight is 1660 g/mol. The Morgan fingerprint density at radius 3 is 0.654 bits per heavy atom. The van der Waals surface area contributed by atoms with Crippen molar-refractivity contribution in [1.82, 2.24) is 0 Å². The molecule has 0 saturated carbocycles. The number of hydrogen-bond donors (Lipinski definition) is 0. The van der Waals surface area contributed by atoms with E-state index in [2.05, 4.69) is 288 Å². The molecule has 0 spiro atoms. The third kappa shape index (κ3) is 12.6. The highest BCUT2D eigenvalue weighted by Gasteiger charge is 2.49. The van der Waals surface area contributed by atoms with Gasteiger partial charge in [-0.1, -0.05) is 196 Å². The van der Waals surface area contributed by atoms with Crippen molar-refractivity contribution in [2.45, 2.75) is 55.8 Å². The first-order chi connectivity index (χ1) is 62.1. The molecule has 0 aliphatic heterocycles. The number of halogens is 6. The molecule has 0 bridgehead atoms. The minimum Gasteiger partial charge on any atom is -0.310 e. The fourth-order valence-electron chi connectivity index (χ4n) is 21.0. The lowest BCUT2D eigenvalue weighted by Crippen LogP contribution is -2.29. The summed E-state index contributed by atoms with van der Waals surface area (Å²) in [7, 11) is 0. The van der Waals surface area contributed by atoms with Gasteiger partial charge in [-0.25, -0.2) is 26.3 Å². The highest BCUT2D eigenvalue weighted by molar-refractivity contribution is 5.95. The molecule has 5 aliphatic carbocycles. The fourth-order valence-corrected chi connectivity index (χ4v) is 21.0. The van der Waals surface area contributed by atoms with Crippen LogP contribution in [0.15, 0.2) is 400 Å². The van der Waals surface area contributed by atoms with E-state index in [1.165, 1.54) is 70.8 Å². The third-order valence-corrected chi connectivity index (χ3v) is 27.4. The van der Waals surface area contributed by atoms with Crippen LogP contribution in [0.4, 0.5) is 94.6 Å². The zero-order valence-electron chi connectivity index (χ0n) is 69.5. The predicted molar refractivity (Wildman–Crippen MR) is 503 cm³/mol. The van der Waals surface area contributed by atoms with Gasteiger partial charge in [0.25, 0.3) is 0 Å². The highest BCUT2D eigenvalue weighted by atomic mass is 19.1. The Labute approximate surface area is 734 Å². The summed E-state index contributed by atoms with van der Waals surface area (Å²) in [6.45, 7) is 4.52. The van der Waals surface area contributed by atoms with Crippen molar-refractivity contribution in [3.8, 4) is 55.6 Å². The van der Waals surface area contributed by atoms with E-state index in [0.717, 1.165) is 205 Å². The maximum atomic E-state index is 15.0. The van der Waals surface area contributed by atoms with E-state index in [-0.39, 0.29) is 34.9 Å². The lowest BCUT2D eigenvalue weighted by molar-refractivity contribution is 0.624. The van der Waals surface area contributed by atoms with Crippen molar-refractivity contribution in [3.63, 3.8) is 0 Å². The summed E-state index contributed by atoms with van der Waals surface area (Å²) in [6, 6.07) is 131. The van der Waals surface area contributed by atoms with Crippen molar-refractivity contribution in [2.24, 2.45) is 0 Å². The minimum absolute atomic E-state index is 0.299. The number of anilines is 12. The van der Waals surface area contributed by atoms with Crippen LogP contribution in [-0.2, 0) is 41.9 Å². The van der Waals surface area contributed by atoms with Crippen molar-refractivity contribution >= 4 is 68.2 Å². The Bertz CT molecular complexity index is 6940. The monoisotopic (exact) mass is 1650 g/mol. The van der Waals surface area contributed by atoms with Crippen LogP contribution < -0.4 is 19.6 Å². The molecule has 0 heterocycles. The second-order valence-corrected chi connectivity index (χ2v) is 34.6. The summed E-state index contributed by atoms with van der Waals surface area (Å²) in [6.07, 6.45) is 4.11. The normalized spacial score (nSPS) is 15.4. The molecule has 4 nitrogen and oxygen atoms in total. The van der Waals surface area contributed by atoms with Crippen molar-refractivity contribution in [3.05, 3.63) is 513 Å². The van der Waals surface area contributed by atoms with E-state index in [9.17, 15) is 8.78 Å². The van der Waals surface area contributed by atoms with Crippen LogP contribution in [0, 0.1) is 34.9 Å². The molecule has 610 valence electrons. The molecule has 2 atom stereocenters. The second-order valence-electron chi connectivity index (χ2n) is 34.6. The number of aryl methyl sites for hydroxylation is 4. The van der Waals surface area contributed by atoms with E-state index in [1.807, 2.05) is 72.8 Å². The lowest BCUT2D eigenvalue weighted by atomic mass is 9.66. The molecule has 18 aromatic rings. The molecule has 2 unspecified atom stereocenters. The molecule has 0 radical (unpaired) electrons. The summed E-state index contributed by atoms with van der Waals surface area (Å²) < 4.78 is 90.1. The molecule has 18 aromatic carbocycles. The Balaban J connectivity index is 0.541. The molecule has 10 heteroatoms. The largest absolute Gasteiger partial charge is 0.310 e. The van der Waals surface area contributed by atoms with E-state index >= 15 is 17.6 Å². The minimum atomic E-state index is -0.775. The van der Waals surface area contributed by atoms with Gasteiger partial charge in [-0.15, -0.1) is 0 Å². The van der Waals surface area contributed by atoms with Crippen LogP contribution in [0.5, 0.6) is 0 Å². The molecule has 0 N–H and O–H groups in total. The zero-order valence-corrected chi connectivity index (χ0v) is 69.5. The molecule has 23 rings (SSSR count). The van der Waals surface area contributed by atoms with Crippen LogP contribution in [0.25, 0.3) is 55.6 Å². The van der Waals surface area contributed by atoms with Gasteiger partial charge < -0.3 is 19.6 Å². The van der Waals surface area contributed by atoms with Crippen LogP contribution in [0.3, 0.4) is 0 Å². The third-order valence-electron chi connectivity index (χ3n) is 27.4. The summed E-state index contributed by atoms with van der Waals surface area (Å²) in [5.74, 6) is -1.95.